The Labute approximate surface area is 184 Å². The molecular weight excluding hydrogens is 447 g/mol. The lowest BCUT2D eigenvalue weighted by Gasteiger charge is -2.20. The number of rotatable bonds is 6. The zero-order chi connectivity index (χ0) is 23.7. The molecule has 0 spiro atoms. The molecule has 1 fully saturated rings. The van der Waals surface area contributed by atoms with E-state index in [1.165, 1.54) is 35.2 Å². The Morgan fingerprint density at radius 3 is 2.34 bits per heavy atom. The third-order valence-electron chi connectivity index (χ3n) is 4.89. The largest absolute Gasteiger partial charge is 0.490 e. The molecule has 3 rings (SSSR count). The van der Waals surface area contributed by atoms with Crippen molar-refractivity contribution in [2.75, 3.05) is 19.3 Å². The molecule has 0 aromatic heterocycles. The van der Waals surface area contributed by atoms with Crippen LogP contribution in [0.15, 0.2) is 47.4 Å². The maximum Gasteiger partial charge on any atom is 0.416 e. The highest BCUT2D eigenvalue weighted by Crippen LogP contribution is 2.31. The molecule has 1 unspecified atom stereocenters. The smallest absolute Gasteiger partial charge is 0.416 e. The Balaban J connectivity index is 1.75. The SMILES string of the molecule is CC(C)Oc1ccc(S(C)(=O)=O)cc1C(=O)N1CCC(Oc2ccc(C(F)(F)F)cc2)C1. The van der Waals surface area contributed by atoms with Gasteiger partial charge >= 0.3 is 6.18 Å². The second-order valence-electron chi connectivity index (χ2n) is 7.90. The lowest BCUT2D eigenvalue weighted by atomic mass is 10.1. The van der Waals surface area contributed by atoms with Crippen molar-refractivity contribution < 1.29 is 35.9 Å². The van der Waals surface area contributed by atoms with Gasteiger partial charge in [-0.25, -0.2) is 8.42 Å². The standard InChI is InChI=1S/C22H24F3NO5S/c1-14(2)30-20-9-8-18(32(3,28)29)12-19(20)21(27)26-11-10-17(13-26)31-16-6-4-15(5-7-16)22(23,24)25/h4-9,12,14,17H,10-11,13H2,1-3H3. The number of sulfone groups is 1. The number of alkyl halides is 3. The number of hydrogen-bond donors (Lipinski definition) is 0. The molecule has 0 bridgehead atoms. The van der Waals surface area contributed by atoms with Crippen molar-refractivity contribution in [2.45, 2.75) is 43.5 Å². The number of likely N-dealkylation sites (tertiary alicyclic amines) is 1. The molecule has 32 heavy (non-hydrogen) atoms. The van der Waals surface area contributed by atoms with Crippen molar-refractivity contribution in [2.24, 2.45) is 0 Å². The first-order valence-corrected chi connectivity index (χ1v) is 11.9. The molecule has 1 aliphatic heterocycles. The van der Waals surface area contributed by atoms with E-state index in [0.29, 0.717) is 13.0 Å². The van der Waals surface area contributed by atoms with Gasteiger partial charge in [0, 0.05) is 19.2 Å². The van der Waals surface area contributed by atoms with E-state index in [9.17, 15) is 26.4 Å². The molecule has 0 saturated carbocycles. The van der Waals surface area contributed by atoms with Gasteiger partial charge in [-0.05, 0) is 56.3 Å². The van der Waals surface area contributed by atoms with Crippen molar-refractivity contribution in [3.05, 3.63) is 53.6 Å². The van der Waals surface area contributed by atoms with E-state index in [0.717, 1.165) is 18.4 Å². The van der Waals surface area contributed by atoms with E-state index < -0.39 is 33.6 Å². The number of hydrogen-bond acceptors (Lipinski definition) is 5. The van der Waals surface area contributed by atoms with E-state index in [1.54, 1.807) is 13.8 Å². The van der Waals surface area contributed by atoms with Crippen molar-refractivity contribution >= 4 is 15.7 Å². The minimum absolute atomic E-state index is 0.00806. The molecule has 0 aliphatic carbocycles. The number of nitrogens with zero attached hydrogens (tertiary/aromatic N) is 1. The van der Waals surface area contributed by atoms with Crippen LogP contribution in [0.4, 0.5) is 13.2 Å². The molecule has 1 heterocycles. The summed E-state index contributed by atoms with van der Waals surface area (Å²) in [6.45, 7) is 4.16. The summed E-state index contributed by atoms with van der Waals surface area (Å²) in [4.78, 5) is 14.7. The van der Waals surface area contributed by atoms with Gasteiger partial charge in [0.25, 0.3) is 5.91 Å². The van der Waals surface area contributed by atoms with E-state index in [-0.39, 0.29) is 34.6 Å². The maximum absolute atomic E-state index is 13.2. The Hall–Kier alpha value is -2.75. The Kier molecular flexibility index (Phi) is 6.73. The second-order valence-corrected chi connectivity index (χ2v) is 9.91. The number of benzene rings is 2. The summed E-state index contributed by atoms with van der Waals surface area (Å²) in [7, 11) is -3.52. The van der Waals surface area contributed by atoms with Crippen LogP contribution in [-0.4, -0.2) is 50.8 Å². The Bertz CT molecular complexity index is 1080. The minimum Gasteiger partial charge on any atom is -0.490 e. The topological polar surface area (TPSA) is 72.9 Å². The van der Waals surface area contributed by atoms with Gasteiger partial charge in [0.05, 0.1) is 28.7 Å². The zero-order valence-corrected chi connectivity index (χ0v) is 18.7. The summed E-state index contributed by atoms with van der Waals surface area (Å²) in [5.41, 5.74) is -0.631. The van der Waals surface area contributed by atoms with Crippen molar-refractivity contribution in [3.63, 3.8) is 0 Å². The third kappa shape index (κ3) is 5.73. The summed E-state index contributed by atoms with van der Waals surface area (Å²) in [5, 5.41) is 0. The van der Waals surface area contributed by atoms with Crippen LogP contribution in [0.2, 0.25) is 0 Å². The predicted octanol–water partition coefficient (Wildman–Crippen LogP) is 4.19. The number of ether oxygens (including phenoxy) is 2. The normalized spacial score (nSPS) is 17.0. The number of carbonyl (C=O) groups is 1. The highest BCUT2D eigenvalue weighted by molar-refractivity contribution is 7.90. The average Bonchev–Trinajstić information content (AvgIpc) is 3.14. The van der Waals surface area contributed by atoms with Crippen LogP contribution in [0, 0.1) is 0 Å². The van der Waals surface area contributed by atoms with Gasteiger partial charge in [-0.2, -0.15) is 13.2 Å². The molecule has 2 aromatic carbocycles. The summed E-state index contributed by atoms with van der Waals surface area (Å²) in [5.74, 6) is 0.161. The molecule has 1 atom stereocenters. The van der Waals surface area contributed by atoms with E-state index in [1.807, 2.05) is 0 Å². The second kappa shape index (κ2) is 9.01. The molecule has 1 saturated heterocycles. The highest BCUT2D eigenvalue weighted by Gasteiger charge is 2.32. The van der Waals surface area contributed by atoms with Crippen molar-refractivity contribution in [3.8, 4) is 11.5 Å². The fourth-order valence-electron chi connectivity index (χ4n) is 3.36. The van der Waals surface area contributed by atoms with Gasteiger partial charge in [0.1, 0.15) is 17.6 Å². The molecule has 0 N–H and O–H groups in total. The highest BCUT2D eigenvalue weighted by atomic mass is 32.2. The van der Waals surface area contributed by atoms with Crippen LogP contribution in [-0.2, 0) is 16.0 Å². The number of amides is 1. The Morgan fingerprint density at radius 2 is 1.78 bits per heavy atom. The number of carbonyl (C=O) groups excluding carboxylic acids is 1. The minimum atomic E-state index is -4.43. The van der Waals surface area contributed by atoms with E-state index >= 15 is 0 Å². The molecule has 1 amide bonds. The molecule has 1 aliphatic rings. The van der Waals surface area contributed by atoms with Crippen LogP contribution < -0.4 is 9.47 Å². The van der Waals surface area contributed by atoms with E-state index in [4.69, 9.17) is 9.47 Å². The van der Waals surface area contributed by atoms with Crippen molar-refractivity contribution in [1.29, 1.82) is 0 Å². The summed E-state index contributed by atoms with van der Waals surface area (Å²) in [6.07, 6.45) is -3.50. The van der Waals surface area contributed by atoms with Gasteiger partial charge in [-0.3, -0.25) is 4.79 Å². The van der Waals surface area contributed by atoms with Crippen LogP contribution in [0.3, 0.4) is 0 Å². The summed E-state index contributed by atoms with van der Waals surface area (Å²) in [6, 6.07) is 8.55. The zero-order valence-electron chi connectivity index (χ0n) is 17.8. The Morgan fingerprint density at radius 1 is 1.12 bits per heavy atom. The van der Waals surface area contributed by atoms with Crippen LogP contribution >= 0.6 is 0 Å². The van der Waals surface area contributed by atoms with Gasteiger partial charge in [-0.1, -0.05) is 0 Å². The van der Waals surface area contributed by atoms with Gasteiger partial charge in [0.15, 0.2) is 9.84 Å². The molecule has 10 heteroatoms. The van der Waals surface area contributed by atoms with Gasteiger partial charge in [-0.15, -0.1) is 0 Å². The predicted molar refractivity (Wildman–Crippen MR) is 112 cm³/mol. The van der Waals surface area contributed by atoms with Crippen LogP contribution in [0.25, 0.3) is 0 Å². The quantitative estimate of drug-likeness (QED) is 0.632. The van der Waals surface area contributed by atoms with Crippen LogP contribution in [0.1, 0.15) is 36.2 Å². The lowest BCUT2D eigenvalue weighted by molar-refractivity contribution is -0.137. The first-order valence-electron chi connectivity index (χ1n) is 9.98. The van der Waals surface area contributed by atoms with Gasteiger partial charge in [0.2, 0.25) is 0 Å². The van der Waals surface area contributed by atoms with Crippen LogP contribution in [0.5, 0.6) is 11.5 Å². The first kappa shape index (κ1) is 23.9. The molecule has 6 nitrogen and oxygen atoms in total. The number of halogens is 3. The molecular formula is C22H24F3NO5S. The fourth-order valence-corrected chi connectivity index (χ4v) is 4.00. The molecule has 0 radical (unpaired) electrons. The average molecular weight is 471 g/mol. The summed E-state index contributed by atoms with van der Waals surface area (Å²) >= 11 is 0. The first-order chi connectivity index (χ1) is 14.8. The monoisotopic (exact) mass is 471 g/mol. The summed E-state index contributed by atoms with van der Waals surface area (Å²) < 4.78 is 73.4. The van der Waals surface area contributed by atoms with E-state index in [2.05, 4.69) is 0 Å². The maximum atomic E-state index is 13.2. The third-order valence-corrected chi connectivity index (χ3v) is 6.00. The fraction of sp³-hybridized carbons (Fsp3) is 0.409. The lowest BCUT2D eigenvalue weighted by Crippen LogP contribution is -2.31. The van der Waals surface area contributed by atoms with Crippen molar-refractivity contribution in [1.82, 2.24) is 4.90 Å². The molecule has 174 valence electrons. The van der Waals surface area contributed by atoms with Gasteiger partial charge < -0.3 is 14.4 Å². The molecule has 2 aromatic rings.